The number of unbranched alkanes of at least 4 members (excludes halogenated alkanes) is 4. The molecule has 1 unspecified atom stereocenters. The van der Waals surface area contributed by atoms with Crippen LogP contribution in [0.25, 0.3) is 0 Å². The topological polar surface area (TPSA) is 35.5 Å². The lowest BCUT2D eigenvalue weighted by atomic mass is 10.2. The van der Waals surface area contributed by atoms with Gasteiger partial charge in [0, 0.05) is 5.56 Å². The maximum Gasteiger partial charge on any atom is 0.379 e. The van der Waals surface area contributed by atoms with Crippen molar-refractivity contribution in [2.24, 2.45) is 0 Å². The van der Waals surface area contributed by atoms with Crippen LogP contribution in [0.1, 0.15) is 37.7 Å². The largest absolute Gasteiger partial charge is 0.424 e. The Kier molecular flexibility index (Phi) is 5.24. The van der Waals surface area contributed by atoms with Crippen LogP contribution < -0.4 is 4.52 Å². The summed E-state index contributed by atoms with van der Waals surface area (Å²) < 4.78 is 23.4. The van der Waals surface area contributed by atoms with Crippen LogP contribution in [0.15, 0.2) is 36.9 Å². The Labute approximate surface area is 115 Å². The summed E-state index contributed by atoms with van der Waals surface area (Å²) in [4.78, 5) is 0. The number of benzene rings is 1. The molecule has 1 aromatic rings. The normalized spacial score (nSPS) is 21.5. The fourth-order valence-corrected chi connectivity index (χ4v) is 3.81. The van der Waals surface area contributed by atoms with Gasteiger partial charge in [0.25, 0.3) is 0 Å². The molecule has 0 amide bonds. The molecule has 0 bridgehead atoms. The van der Waals surface area contributed by atoms with Crippen LogP contribution in [0.4, 0.5) is 0 Å². The van der Waals surface area contributed by atoms with E-state index in [1.54, 1.807) is 0 Å². The summed E-state index contributed by atoms with van der Waals surface area (Å²) in [6.07, 6.45) is 7.74. The molecule has 1 aliphatic rings. The molecule has 1 atom stereocenters. The first-order valence-corrected chi connectivity index (χ1v) is 8.58. The minimum absolute atomic E-state index is 0.393. The Morgan fingerprint density at radius 2 is 2.00 bits per heavy atom. The highest BCUT2D eigenvalue weighted by molar-refractivity contribution is 7.54. The molecule has 19 heavy (non-hydrogen) atoms. The summed E-state index contributed by atoms with van der Waals surface area (Å²) in [6, 6.07) is 7.62. The quantitative estimate of drug-likeness (QED) is 0.404. The highest BCUT2D eigenvalue weighted by atomic mass is 31.2. The monoisotopic (exact) mass is 280 g/mol. The minimum atomic E-state index is -2.92. The van der Waals surface area contributed by atoms with Crippen LogP contribution in [0.5, 0.6) is 5.75 Å². The molecule has 104 valence electrons. The van der Waals surface area contributed by atoms with E-state index in [2.05, 4.69) is 6.58 Å². The zero-order valence-corrected chi connectivity index (χ0v) is 12.1. The van der Waals surface area contributed by atoms with Gasteiger partial charge in [-0.2, -0.15) is 0 Å². The Morgan fingerprint density at radius 3 is 2.84 bits per heavy atom. The maximum absolute atomic E-state index is 12.4. The Bertz CT molecular complexity index is 470. The predicted octanol–water partition coefficient (Wildman–Crippen LogP) is 4.93. The highest BCUT2D eigenvalue weighted by Crippen LogP contribution is 2.53. The SMILES string of the molecule is C=CCCCCCCP1(=O)OCc2ccccc2O1. The fourth-order valence-electron chi connectivity index (χ4n) is 2.11. The van der Waals surface area contributed by atoms with Crippen LogP contribution in [0.3, 0.4) is 0 Å². The van der Waals surface area contributed by atoms with Gasteiger partial charge in [0.2, 0.25) is 0 Å². The molecular formula is C15H21O3P. The number of hydrogen-bond acceptors (Lipinski definition) is 3. The van der Waals surface area contributed by atoms with Crippen molar-refractivity contribution in [1.29, 1.82) is 0 Å². The van der Waals surface area contributed by atoms with Gasteiger partial charge in [0.05, 0.1) is 12.8 Å². The molecule has 0 saturated carbocycles. The Morgan fingerprint density at radius 1 is 1.21 bits per heavy atom. The first-order chi connectivity index (χ1) is 9.23. The lowest BCUT2D eigenvalue weighted by Gasteiger charge is -2.25. The summed E-state index contributed by atoms with van der Waals surface area (Å²) in [5.41, 5.74) is 0.972. The lowest BCUT2D eigenvalue weighted by molar-refractivity contribution is 0.231. The molecule has 0 fully saturated rings. The maximum atomic E-state index is 12.4. The molecule has 4 heteroatoms. The van der Waals surface area contributed by atoms with Gasteiger partial charge >= 0.3 is 7.60 Å². The second kappa shape index (κ2) is 6.93. The first kappa shape index (κ1) is 14.4. The molecule has 3 nitrogen and oxygen atoms in total. The standard InChI is InChI=1S/C15H21O3P/c1-2-3-4-5-6-9-12-19(16)17-13-14-10-7-8-11-15(14)18-19/h2,7-8,10-11H,1,3-6,9,12-13H2. The van der Waals surface area contributed by atoms with E-state index in [-0.39, 0.29) is 0 Å². The van der Waals surface area contributed by atoms with Gasteiger partial charge in [-0.25, -0.2) is 4.57 Å². The summed E-state index contributed by atoms with van der Waals surface area (Å²) >= 11 is 0. The Balaban J connectivity index is 1.78. The molecule has 0 spiro atoms. The van der Waals surface area contributed by atoms with Crippen LogP contribution >= 0.6 is 7.60 Å². The molecule has 0 radical (unpaired) electrons. The van der Waals surface area contributed by atoms with Gasteiger partial charge in [-0.05, 0) is 25.3 Å². The number of hydrogen-bond donors (Lipinski definition) is 0. The van der Waals surface area contributed by atoms with E-state index in [0.717, 1.165) is 37.7 Å². The zero-order valence-electron chi connectivity index (χ0n) is 11.2. The van der Waals surface area contributed by atoms with E-state index in [0.29, 0.717) is 18.5 Å². The summed E-state index contributed by atoms with van der Waals surface area (Å²) in [5.74, 6) is 0.712. The molecule has 0 N–H and O–H groups in total. The van der Waals surface area contributed by atoms with Crippen LogP contribution in [-0.4, -0.2) is 6.16 Å². The van der Waals surface area contributed by atoms with Gasteiger partial charge in [0.15, 0.2) is 0 Å². The number of rotatable bonds is 7. The van der Waals surface area contributed by atoms with Crippen molar-refractivity contribution >= 4 is 7.60 Å². The minimum Gasteiger partial charge on any atom is -0.424 e. The zero-order chi connectivity index (χ0) is 13.6. The molecule has 0 aromatic heterocycles. The van der Waals surface area contributed by atoms with E-state index < -0.39 is 7.60 Å². The highest BCUT2D eigenvalue weighted by Gasteiger charge is 2.30. The van der Waals surface area contributed by atoms with Crippen molar-refractivity contribution in [3.05, 3.63) is 42.5 Å². The number of allylic oxidation sites excluding steroid dienone is 1. The van der Waals surface area contributed by atoms with E-state index in [4.69, 9.17) is 9.05 Å². The second-order valence-electron chi connectivity index (χ2n) is 4.80. The third kappa shape index (κ3) is 4.22. The van der Waals surface area contributed by atoms with Gasteiger partial charge in [-0.15, -0.1) is 6.58 Å². The van der Waals surface area contributed by atoms with Crippen molar-refractivity contribution < 1.29 is 13.6 Å². The third-order valence-corrected chi connectivity index (χ3v) is 5.08. The number of fused-ring (bicyclic) bond motifs is 1. The summed E-state index contributed by atoms with van der Waals surface area (Å²) in [6.45, 7) is 4.09. The van der Waals surface area contributed by atoms with Crippen molar-refractivity contribution in [3.63, 3.8) is 0 Å². The van der Waals surface area contributed by atoms with E-state index in [1.807, 2.05) is 30.3 Å². The molecule has 0 saturated heterocycles. The average molecular weight is 280 g/mol. The predicted molar refractivity (Wildman–Crippen MR) is 77.6 cm³/mol. The van der Waals surface area contributed by atoms with Gasteiger partial charge in [-0.3, -0.25) is 4.52 Å². The molecule has 2 rings (SSSR count). The van der Waals surface area contributed by atoms with Crippen LogP contribution in [0, 0.1) is 0 Å². The molecule has 1 aromatic carbocycles. The van der Waals surface area contributed by atoms with Gasteiger partial charge < -0.3 is 4.52 Å². The molecule has 1 heterocycles. The summed E-state index contributed by atoms with van der Waals surface area (Å²) in [7, 11) is -2.92. The molecule has 0 aliphatic carbocycles. The first-order valence-electron chi connectivity index (χ1n) is 6.85. The van der Waals surface area contributed by atoms with Gasteiger partial charge in [-0.1, -0.05) is 37.1 Å². The van der Waals surface area contributed by atoms with Crippen molar-refractivity contribution in [2.45, 2.75) is 38.7 Å². The fraction of sp³-hybridized carbons (Fsp3) is 0.467. The average Bonchev–Trinajstić information content (AvgIpc) is 2.42. The van der Waals surface area contributed by atoms with Gasteiger partial charge in [0.1, 0.15) is 5.75 Å². The summed E-state index contributed by atoms with van der Waals surface area (Å²) in [5, 5.41) is 0. The molecular weight excluding hydrogens is 259 g/mol. The van der Waals surface area contributed by atoms with Crippen molar-refractivity contribution in [1.82, 2.24) is 0 Å². The van der Waals surface area contributed by atoms with E-state index in [9.17, 15) is 4.57 Å². The number of para-hydroxylation sites is 1. The van der Waals surface area contributed by atoms with E-state index in [1.165, 1.54) is 0 Å². The third-order valence-electron chi connectivity index (χ3n) is 3.22. The van der Waals surface area contributed by atoms with Crippen molar-refractivity contribution in [2.75, 3.05) is 6.16 Å². The smallest absolute Gasteiger partial charge is 0.379 e. The van der Waals surface area contributed by atoms with Crippen molar-refractivity contribution in [3.8, 4) is 5.75 Å². The van der Waals surface area contributed by atoms with E-state index >= 15 is 0 Å². The van der Waals surface area contributed by atoms with Crippen LogP contribution in [-0.2, 0) is 15.7 Å². The second-order valence-corrected chi connectivity index (χ2v) is 6.91. The Hall–Kier alpha value is -1.05. The van der Waals surface area contributed by atoms with Crippen LogP contribution in [0.2, 0.25) is 0 Å². The lowest BCUT2D eigenvalue weighted by Crippen LogP contribution is -2.09. The molecule has 1 aliphatic heterocycles.